The molecule has 2 rings (SSSR count). The van der Waals surface area contributed by atoms with Crippen LogP contribution in [0.2, 0.25) is 0 Å². The first-order valence-electron chi connectivity index (χ1n) is 7.79. The Kier molecular flexibility index (Phi) is 4.29. The summed E-state index contributed by atoms with van der Waals surface area (Å²) in [5.41, 5.74) is -0.671. The molecule has 1 saturated carbocycles. The van der Waals surface area contributed by atoms with Gasteiger partial charge in [-0.05, 0) is 53.5 Å². The minimum Gasteiger partial charge on any atom is -0.390 e. The summed E-state index contributed by atoms with van der Waals surface area (Å²) in [5.74, 6) is 1.05. The normalized spacial score (nSPS) is 34.3. The molecule has 0 spiro atoms. The van der Waals surface area contributed by atoms with Crippen LogP contribution in [0.15, 0.2) is 0 Å². The number of nitrogens with zero attached hydrogens (tertiary/aromatic N) is 1. The second kappa shape index (κ2) is 5.34. The van der Waals surface area contributed by atoms with Crippen molar-refractivity contribution in [2.24, 2.45) is 11.8 Å². The lowest BCUT2D eigenvalue weighted by Gasteiger charge is -2.31. The van der Waals surface area contributed by atoms with Gasteiger partial charge < -0.3 is 14.7 Å². The Morgan fingerprint density at radius 2 is 1.63 bits per heavy atom. The molecule has 0 aromatic rings. The van der Waals surface area contributed by atoms with Gasteiger partial charge in [0.2, 0.25) is 0 Å². The van der Waals surface area contributed by atoms with Crippen molar-refractivity contribution in [3.05, 3.63) is 0 Å². The van der Waals surface area contributed by atoms with Gasteiger partial charge in [-0.25, -0.2) is 0 Å². The van der Waals surface area contributed by atoms with E-state index in [0.717, 1.165) is 12.5 Å². The molecule has 1 heterocycles. The molecular weight excluding hydrogens is 238 g/mol. The van der Waals surface area contributed by atoms with E-state index in [1.165, 1.54) is 32.2 Å². The minimum atomic E-state index is -0.428. The summed E-state index contributed by atoms with van der Waals surface area (Å²) in [6.45, 7) is 10.3. The van der Waals surface area contributed by atoms with Crippen LogP contribution in [0.4, 0.5) is 0 Å². The lowest BCUT2D eigenvalue weighted by molar-refractivity contribution is -0.0913. The predicted molar refractivity (Wildman–Crippen MR) is 78.2 cm³/mol. The molecular formula is C16H31NO2. The molecule has 0 bridgehead atoms. The van der Waals surface area contributed by atoms with Gasteiger partial charge in [-0.15, -0.1) is 0 Å². The van der Waals surface area contributed by atoms with Gasteiger partial charge in [-0.1, -0.05) is 12.8 Å². The first-order chi connectivity index (χ1) is 8.72. The molecule has 1 aliphatic heterocycles. The summed E-state index contributed by atoms with van der Waals surface area (Å²) < 4.78 is 6.06. The molecule has 1 saturated heterocycles. The van der Waals surface area contributed by atoms with Gasteiger partial charge in [-0.3, -0.25) is 0 Å². The largest absolute Gasteiger partial charge is 0.390 e. The first-order valence-corrected chi connectivity index (χ1v) is 7.79. The molecule has 0 aromatic carbocycles. The Bertz CT molecular complexity index is 308. The van der Waals surface area contributed by atoms with Crippen LogP contribution in [0.5, 0.6) is 0 Å². The molecule has 1 N–H and O–H groups in total. The molecule has 0 radical (unpaired) electrons. The first kappa shape index (κ1) is 15.3. The zero-order valence-corrected chi connectivity index (χ0v) is 13.3. The van der Waals surface area contributed by atoms with Crippen molar-refractivity contribution in [1.82, 2.24) is 4.90 Å². The third-order valence-electron chi connectivity index (χ3n) is 5.07. The second-order valence-electron chi connectivity index (χ2n) is 7.73. The Hall–Kier alpha value is -0.120. The Morgan fingerprint density at radius 3 is 2.11 bits per heavy atom. The van der Waals surface area contributed by atoms with Gasteiger partial charge in [0.25, 0.3) is 0 Å². The topological polar surface area (TPSA) is 32.7 Å². The van der Waals surface area contributed by atoms with Crippen molar-refractivity contribution < 1.29 is 9.84 Å². The van der Waals surface area contributed by atoms with Crippen LogP contribution < -0.4 is 0 Å². The van der Waals surface area contributed by atoms with Crippen molar-refractivity contribution in [2.45, 2.75) is 70.7 Å². The van der Waals surface area contributed by atoms with Crippen molar-refractivity contribution >= 4 is 0 Å². The van der Waals surface area contributed by atoms with Crippen molar-refractivity contribution in [3.8, 4) is 0 Å². The molecule has 3 heteroatoms. The number of aliphatic hydroxyl groups is 1. The quantitative estimate of drug-likeness (QED) is 0.851. The van der Waals surface area contributed by atoms with E-state index in [1.807, 2.05) is 13.8 Å². The third kappa shape index (κ3) is 3.32. The zero-order chi connectivity index (χ0) is 14.3. The molecule has 112 valence electrons. The average molecular weight is 269 g/mol. The van der Waals surface area contributed by atoms with Crippen LogP contribution in [0, 0.1) is 11.8 Å². The molecule has 2 unspecified atom stereocenters. The maximum Gasteiger partial charge on any atom is 0.0896 e. The van der Waals surface area contributed by atoms with Crippen LogP contribution in [-0.2, 0) is 4.74 Å². The van der Waals surface area contributed by atoms with Gasteiger partial charge in [0.05, 0.1) is 17.3 Å². The van der Waals surface area contributed by atoms with Gasteiger partial charge in [-0.2, -0.15) is 0 Å². The fourth-order valence-electron chi connectivity index (χ4n) is 4.04. The van der Waals surface area contributed by atoms with Gasteiger partial charge in [0, 0.05) is 19.0 Å². The summed E-state index contributed by atoms with van der Waals surface area (Å²) in [6, 6.07) is 0. The second-order valence-corrected chi connectivity index (χ2v) is 7.73. The van der Waals surface area contributed by atoms with E-state index < -0.39 is 5.60 Å². The van der Waals surface area contributed by atoms with Gasteiger partial charge >= 0.3 is 0 Å². The predicted octanol–water partition coefficient (Wildman–Crippen LogP) is 2.67. The van der Waals surface area contributed by atoms with Crippen LogP contribution >= 0.6 is 0 Å². The smallest absolute Gasteiger partial charge is 0.0896 e. The fourth-order valence-corrected chi connectivity index (χ4v) is 4.04. The number of rotatable bonds is 4. The highest BCUT2D eigenvalue weighted by Gasteiger charge is 2.53. The fraction of sp³-hybridized carbons (Fsp3) is 1.00. The maximum absolute atomic E-state index is 10.5. The summed E-state index contributed by atoms with van der Waals surface area (Å²) in [6.07, 6.45) is 5.16. The van der Waals surface area contributed by atoms with Gasteiger partial charge in [0.15, 0.2) is 0 Å². The van der Waals surface area contributed by atoms with E-state index in [-0.39, 0.29) is 17.6 Å². The standard InChI is InChI=1S/C16H31NO2/c1-15(2)13(14(18)16(3,4)19-15)11-17(5)10-12-8-6-7-9-12/h12-14,18H,6-11H2,1-5H3. The zero-order valence-electron chi connectivity index (χ0n) is 13.3. The Balaban J connectivity index is 1.93. The Morgan fingerprint density at radius 1 is 1.05 bits per heavy atom. The van der Waals surface area contributed by atoms with E-state index in [0.29, 0.717) is 0 Å². The van der Waals surface area contributed by atoms with Crippen LogP contribution in [-0.4, -0.2) is 47.4 Å². The van der Waals surface area contributed by atoms with E-state index >= 15 is 0 Å². The molecule has 1 aliphatic carbocycles. The molecule has 2 aliphatic rings. The Labute approximate surface area is 118 Å². The highest BCUT2D eigenvalue weighted by atomic mass is 16.5. The number of hydrogen-bond acceptors (Lipinski definition) is 3. The molecule has 19 heavy (non-hydrogen) atoms. The molecule has 2 atom stereocenters. The lowest BCUT2D eigenvalue weighted by Crippen LogP contribution is -2.43. The summed E-state index contributed by atoms with van der Waals surface area (Å²) in [7, 11) is 2.19. The number of aliphatic hydroxyl groups excluding tert-OH is 1. The number of ether oxygens (including phenoxy) is 1. The van der Waals surface area contributed by atoms with Crippen LogP contribution in [0.3, 0.4) is 0 Å². The van der Waals surface area contributed by atoms with Crippen molar-refractivity contribution in [1.29, 1.82) is 0 Å². The van der Waals surface area contributed by atoms with Crippen LogP contribution in [0.1, 0.15) is 53.4 Å². The minimum absolute atomic E-state index is 0.189. The summed E-state index contributed by atoms with van der Waals surface area (Å²) in [4.78, 5) is 2.40. The molecule has 3 nitrogen and oxygen atoms in total. The van der Waals surface area contributed by atoms with E-state index in [4.69, 9.17) is 4.74 Å². The average Bonchev–Trinajstić information content (AvgIpc) is 2.80. The van der Waals surface area contributed by atoms with Crippen LogP contribution in [0.25, 0.3) is 0 Å². The molecule has 0 aromatic heterocycles. The highest BCUT2D eigenvalue weighted by Crippen LogP contribution is 2.42. The highest BCUT2D eigenvalue weighted by molar-refractivity contribution is 5.02. The molecule has 0 amide bonds. The summed E-state index contributed by atoms with van der Waals surface area (Å²) in [5, 5.41) is 10.5. The number of hydrogen-bond donors (Lipinski definition) is 1. The van der Waals surface area contributed by atoms with E-state index in [1.54, 1.807) is 0 Å². The van der Waals surface area contributed by atoms with E-state index in [2.05, 4.69) is 25.8 Å². The maximum atomic E-state index is 10.5. The SMILES string of the molecule is CN(CC1CCCC1)CC1C(O)C(C)(C)OC1(C)C. The van der Waals surface area contributed by atoms with Crippen molar-refractivity contribution in [2.75, 3.05) is 20.1 Å². The third-order valence-corrected chi connectivity index (χ3v) is 5.07. The van der Waals surface area contributed by atoms with E-state index in [9.17, 15) is 5.11 Å². The monoisotopic (exact) mass is 269 g/mol. The lowest BCUT2D eigenvalue weighted by atomic mass is 9.84. The van der Waals surface area contributed by atoms with Gasteiger partial charge in [0.1, 0.15) is 0 Å². The summed E-state index contributed by atoms with van der Waals surface area (Å²) >= 11 is 0. The van der Waals surface area contributed by atoms with Crippen molar-refractivity contribution in [3.63, 3.8) is 0 Å². The molecule has 2 fully saturated rings.